The van der Waals surface area contributed by atoms with Crippen LogP contribution in [0.1, 0.15) is 6.42 Å². The zero-order valence-corrected chi connectivity index (χ0v) is 12.8. The first-order chi connectivity index (χ1) is 11.8. The highest BCUT2D eigenvalue weighted by Gasteiger charge is 2.81. The van der Waals surface area contributed by atoms with Crippen molar-refractivity contribution in [2.75, 3.05) is 0 Å². The molecule has 2 heterocycles. The van der Waals surface area contributed by atoms with Crippen LogP contribution in [0.25, 0.3) is 0 Å². The van der Waals surface area contributed by atoms with E-state index < -0.39 is 36.9 Å². The minimum atomic E-state index is -6.86. The molecular formula is C13H12F9N4+. The van der Waals surface area contributed by atoms with E-state index in [2.05, 4.69) is 5.10 Å². The Balaban J connectivity index is 2.06. The molecule has 0 atom stereocenters. The van der Waals surface area contributed by atoms with E-state index >= 15 is 0 Å². The highest BCUT2D eigenvalue weighted by molar-refractivity contribution is 5.00. The van der Waals surface area contributed by atoms with Crippen LogP contribution >= 0.6 is 0 Å². The summed E-state index contributed by atoms with van der Waals surface area (Å²) in [6.45, 7) is -0.749. The second kappa shape index (κ2) is 6.50. The van der Waals surface area contributed by atoms with Crippen LogP contribution in [0.5, 0.6) is 0 Å². The maximum absolute atomic E-state index is 13.5. The predicted molar refractivity (Wildman–Crippen MR) is 67.8 cm³/mol. The second-order valence-corrected chi connectivity index (χ2v) is 5.45. The smallest absolute Gasteiger partial charge is 0.237 e. The van der Waals surface area contributed by atoms with Crippen LogP contribution in [0.2, 0.25) is 0 Å². The zero-order valence-electron chi connectivity index (χ0n) is 12.8. The van der Waals surface area contributed by atoms with Crippen LogP contribution < -0.4 is 4.57 Å². The highest BCUT2D eigenvalue weighted by atomic mass is 19.4. The summed E-state index contributed by atoms with van der Waals surface area (Å²) in [6, 6.07) is 1.61. The number of alkyl halides is 9. The summed E-state index contributed by atoms with van der Waals surface area (Å²) in [7, 11) is 0. The van der Waals surface area contributed by atoms with Gasteiger partial charge in [0.05, 0.1) is 13.0 Å². The molecule has 0 saturated carbocycles. The first-order valence-corrected chi connectivity index (χ1v) is 7.00. The van der Waals surface area contributed by atoms with Crippen LogP contribution in [0.15, 0.2) is 37.2 Å². The topological polar surface area (TPSA) is 26.6 Å². The normalized spacial score (nSPS) is 14.0. The van der Waals surface area contributed by atoms with E-state index in [0.29, 0.717) is 0 Å². The standard InChI is InChI=1S/C13H12F9N4/c14-10(15,11(16,17)12(18,19)13(20,21)22)2-5-24-6-7-25(8-24)9-26-4-1-3-23-26/h1,3-4,6-8H,2,5,9H2/q+1. The van der Waals surface area contributed by atoms with Crippen molar-refractivity contribution in [1.82, 2.24) is 14.3 Å². The Bertz CT molecular complexity index is 718. The molecule has 2 aromatic rings. The Morgan fingerprint density at radius 3 is 2.08 bits per heavy atom. The summed E-state index contributed by atoms with van der Waals surface area (Å²) in [4.78, 5) is 0. The molecule has 13 heteroatoms. The van der Waals surface area contributed by atoms with Gasteiger partial charge in [0.1, 0.15) is 12.4 Å². The summed E-state index contributed by atoms with van der Waals surface area (Å²) in [5.74, 6) is -19.0. The number of hydrogen-bond acceptors (Lipinski definition) is 1. The molecule has 0 bridgehead atoms. The summed E-state index contributed by atoms with van der Waals surface area (Å²) < 4.78 is 119. The number of hydrogen-bond donors (Lipinski definition) is 0. The van der Waals surface area contributed by atoms with Crippen LogP contribution in [-0.2, 0) is 13.2 Å². The molecular weight excluding hydrogens is 383 g/mol. The molecule has 0 saturated heterocycles. The van der Waals surface area contributed by atoms with E-state index in [0.717, 1.165) is 4.57 Å². The first kappa shape index (κ1) is 20.1. The van der Waals surface area contributed by atoms with Gasteiger partial charge in [0.15, 0.2) is 6.67 Å². The quantitative estimate of drug-likeness (QED) is 0.522. The summed E-state index contributed by atoms with van der Waals surface area (Å²) in [6.07, 6.45) is -1.93. The minimum Gasteiger partial charge on any atom is -0.237 e. The average molecular weight is 395 g/mol. The van der Waals surface area contributed by atoms with Crippen molar-refractivity contribution in [3.05, 3.63) is 37.2 Å². The Morgan fingerprint density at radius 1 is 0.885 bits per heavy atom. The summed E-state index contributed by atoms with van der Waals surface area (Å²) in [5.41, 5.74) is 0. The van der Waals surface area contributed by atoms with Crippen molar-refractivity contribution in [2.24, 2.45) is 0 Å². The van der Waals surface area contributed by atoms with E-state index in [4.69, 9.17) is 0 Å². The maximum atomic E-state index is 13.5. The molecule has 146 valence electrons. The molecule has 0 aliphatic rings. The van der Waals surface area contributed by atoms with Gasteiger partial charge in [-0.25, -0.2) is 13.8 Å². The number of nitrogens with zero attached hydrogens (tertiary/aromatic N) is 4. The Kier molecular flexibility index (Phi) is 5.03. The summed E-state index contributed by atoms with van der Waals surface area (Å²) in [5, 5.41) is 3.87. The number of aryl methyl sites for hydroxylation is 1. The largest absolute Gasteiger partial charge is 0.460 e. The molecule has 0 fully saturated rings. The lowest BCUT2D eigenvalue weighted by atomic mass is 10.0. The van der Waals surface area contributed by atoms with Gasteiger partial charge < -0.3 is 0 Å². The number of halogens is 9. The minimum absolute atomic E-state index is 0.151. The molecule has 0 unspecified atom stereocenters. The monoisotopic (exact) mass is 395 g/mol. The lowest BCUT2D eigenvalue weighted by Crippen LogP contribution is -2.61. The van der Waals surface area contributed by atoms with Gasteiger partial charge in [-0.05, 0) is 6.07 Å². The van der Waals surface area contributed by atoms with Gasteiger partial charge in [-0.1, -0.05) is 0 Å². The SMILES string of the molecule is FC(F)(F)C(F)(F)C(F)(F)C(F)(F)CCn1cc[n+](Cn2cccn2)c1. The van der Waals surface area contributed by atoms with Gasteiger partial charge in [0.25, 0.3) is 0 Å². The van der Waals surface area contributed by atoms with Crippen molar-refractivity contribution < 1.29 is 44.1 Å². The number of imidazole rings is 1. The fourth-order valence-corrected chi connectivity index (χ4v) is 2.04. The molecule has 0 spiro atoms. The lowest BCUT2D eigenvalue weighted by molar-refractivity contribution is -0.702. The van der Waals surface area contributed by atoms with Crippen molar-refractivity contribution in [3.63, 3.8) is 0 Å². The van der Waals surface area contributed by atoms with Gasteiger partial charge in [-0.3, -0.25) is 0 Å². The molecule has 4 nitrogen and oxygen atoms in total. The van der Waals surface area contributed by atoms with Gasteiger partial charge in [-0.15, -0.1) is 0 Å². The van der Waals surface area contributed by atoms with Crippen molar-refractivity contribution in [3.8, 4) is 0 Å². The molecule has 0 radical (unpaired) electrons. The Labute approximate surface area is 140 Å². The van der Waals surface area contributed by atoms with Gasteiger partial charge >= 0.3 is 23.9 Å². The van der Waals surface area contributed by atoms with Crippen molar-refractivity contribution in [1.29, 1.82) is 0 Å². The van der Waals surface area contributed by atoms with E-state index in [-0.39, 0.29) is 6.67 Å². The summed E-state index contributed by atoms with van der Waals surface area (Å²) >= 11 is 0. The third-order valence-corrected chi connectivity index (χ3v) is 3.51. The van der Waals surface area contributed by atoms with Gasteiger partial charge in [-0.2, -0.15) is 44.6 Å². The molecule has 2 rings (SSSR count). The number of aromatic nitrogens is 4. The first-order valence-electron chi connectivity index (χ1n) is 7.00. The fourth-order valence-electron chi connectivity index (χ4n) is 2.04. The van der Waals surface area contributed by atoms with E-state index in [1.54, 1.807) is 12.3 Å². The maximum Gasteiger partial charge on any atom is 0.460 e. The van der Waals surface area contributed by atoms with Crippen molar-refractivity contribution in [2.45, 2.75) is 43.6 Å². The Hall–Kier alpha value is -2.21. The second-order valence-electron chi connectivity index (χ2n) is 5.45. The molecule has 26 heavy (non-hydrogen) atoms. The van der Waals surface area contributed by atoms with E-state index in [9.17, 15) is 39.5 Å². The van der Waals surface area contributed by atoms with Crippen molar-refractivity contribution >= 4 is 0 Å². The molecule has 0 aliphatic heterocycles. The van der Waals surface area contributed by atoms with Gasteiger partial charge in [0, 0.05) is 12.4 Å². The molecule has 2 aromatic heterocycles. The molecule has 0 amide bonds. The Morgan fingerprint density at radius 2 is 1.54 bits per heavy atom. The molecule has 0 aromatic carbocycles. The van der Waals surface area contributed by atoms with Crippen LogP contribution in [0.3, 0.4) is 0 Å². The van der Waals surface area contributed by atoms with Gasteiger partial charge in [0.2, 0.25) is 6.33 Å². The average Bonchev–Trinajstić information content (AvgIpc) is 3.16. The van der Waals surface area contributed by atoms with Crippen LogP contribution in [0, 0.1) is 0 Å². The van der Waals surface area contributed by atoms with E-state index in [1.165, 1.54) is 34.2 Å². The fraction of sp³-hybridized carbons (Fsp3) is 0.538. The molecule has 0 aliphatic carbocycles. The molecule has 0 N–H and O–H groups in total. The number of rotatable bonds is 7. The third kappa shape index (κ3) is 3.65. The van der Waals surface area contributed by atoms with E-state index in [1.807, 2.05) is 0 Å². The lowest BCUT2D eigenvalue weighted by Gasteiger charge is -2.33. The third-order valence-electron chi connectivity index (χ3n) is 3.51. The predicted octanol–water partition coefficient (Wildman–Crippen LogP) is 3.34. The highest BCUT2D eigenvalue weighted by Crippen LogP contribution is 2.54. The van der Waals surface area contributed by atoms with Crippen LogP contribution in [0.4, 0.5) is 39.5 Å². The zero-order chi connectivity index (χ0) is 19.8. The van der Waals surface area contributed by atoms with Crippen LogP contribution in [-0.4, -0.2) is 38.3 Å².